The van der Waals surface area contributed by atoms with Crippen molar-refractivity contribution in [3.63, 3.8) is 0 Å². The number of nitrogens with one attached hydrogen (secondary N) is 2. The Kier molecular flexibility index (Phi) is 19.0. The van der Waals surface area contributed by atoms with Crippen molar-refractivity contribution in [1.82, 2.24) is 10.6 Å². The van der Waals surface area contributed by atoms with Gasteiger partial charge in [0.25, 0.3) is 0 Å². The number of unbranched alkanes of at least 4 members (excludes halogenated alkanes) is 1. The van der Waals surface area contributed by atoms with Gasteiger partial charge in [0, 0.05) is 19.5 Å². The molecule has 0 spiro atoms. The van der Waals surface area contributed by atoms with Crippen molar-refractivity contribution in [2.45, 2.75) is 31.7 Å². The molecule has 0 fully saturated rings. The van der Waals surface area contributed by atoms with Gasteiger partial charge in [0.05, 0.1) is 0 Å². The third-order valence-corrected chi connectivity index (χ3v) is 2.72. The molecule has 0 aromatic rings. The van der Waals surface area contributed by atoms with Crippen LogP contribution < -0.4 is 16.4 Å². The molecule has 7 nitrogen and oxygen atoms in total. The van der Waals surface area contributed by atoms with Gasteiger partial charge in [-0.15, -0.1) is 11.5 Å². The van der Waals surface area contributed by atoms with Crippen LogP contribution in [0.3, 0.4) is 0 Å². The number of carboxylic acid groups (broad SMARTS) is 2. The normalized spacial score (nSPS) is 10.4. The molecular formula is C17H29N3O4. The first-order chi connectivity index (χ1) is 11.5. The van der Waals surface area contributed by atoms with Crippen LogP contribution >= 0.6 is 0 Å². The predicted molar refractivity (Wildman–Crippen MR) is 94.9 cm³/mol. The third-order valence-electron chi connectivity index (χ3n) is 2.72. The molecular weight excluding hydrogens is 310 g/mol. The van der Waals surface area contributed by atoms with Gasteiger partial charge in [0.2, 0.25) is 0 Å². The Morgan fingerprint density at radius 3 is 1.83 bits per heavy atom. The van der Waals surface area contributed by atoms with Crippen molar-refractivity contribution < 1.29 is 19.8 Å². The van der Waals surface area contributed by atoms with E-state index in [1.165, 1.54) is 12.8 Å². The zero-order valence-electron chi connectivity index (χ0n) is 14.1. The average Bonchev–Trinajstić information content (AvgIpc) is 2.55. The maximum absolute atomic E-state index is 9.99. The minimum atomic E-state index is -1.17. The van der Waals surface area contributed by atoms with Gasteiger partial charge in [-0.1, -0.05) is 13.2 Å². The van der Waals surface area contributed by atoms with Crippen LogP contribution in [0.2, 0.25) is 0 Å². The largest absolute Gasteiger partial charge is 0.481 e. The fraction of sp³-hybridized carbons (Fsp3) is 0.529. The maximum Gasteiger partial charge on any atom is 0.320 e. The summed E-state index contributed by atoms with van der Waals surface area (Å²) in [5, 5.41) is 22.8. The minimum absolute atomic E-state index is 0.0231. The summed E-state index contributed by atoms with van der Waals surface area (Å²) in [6.07, 6.45) is 5.95. The average molecular weight is 339 g/mol. The van der Waals surface area contributed by atoms with E-state index in [0.717, 1.165) is 26.2 Å². The number of nitrogens with two attached hydrogens (primary N) is 1. The summed E-state index contributed by atoms with van der Waals surface area (Å²) in [7, 11) is 0. The molecule has 0 amide bonds. The molecule has 1 atom stereocenters. The monoisotopic (exact) mass is 339 g/mol. The van der Waals surface area contributed by atoms with Crippen molar-refractivity contribution in [3.8, 4) is 0 Å². The Hall–Kier alpha value is -2.14. The molecule has 24 heavy (non-hydrogen) atoms. The second-order valence-electron chi connectivity index (χ2n) is 4.81. The van der Waals surface area contributed by atoms with E-state index in [1.807, 2.05) is 12.2 Å². The summed E-state index contributed by atoms with van der Waals surface area (Å²) in [4.78, 5) is 19.9. The van der Waals surface area contributed by atoms with E-state index >= 15 is 0 Å². The van der Waals surface area contributed by atoms with Crippen molar-refractivity contribution in [3.05, 3.63) is 36.8 Å². The van der Waals surface area contributed by atoms with Crippen LogP contribution in [0.15, 0.2) is 36.8 Å². The number of aliphatic carboxylic acids is 2. The number of hydrogen-bond donors (Lipinski definition) is 5. The van der Waals surface area contributed by atoms with Crippen molar-refractivity contribution >= 4 is 11.9 Å². The molecule has 0 rings (SSSR count). The Balaban J connectivity index is 0. The smallest absolute Gasteiger partial charge is 0.320 e. The van der Waals surface area contributed by atoms with Crippen molar-refractivity contribution in [2.24, 2.45) is 5.73 Å². The quantitative estimate of drug-likeness (QED) is 0.249. The zero-order chi connectivity index (χ0) is 18.6. The van der Waals surface area contributed by atoms with Crippen LogP contribution in [0.5, 0.6) is 0 Å². The molecule has 0 saturated carbocycles. The molecule has 0 radical (unpaired) electrons. The lowest BCUT2D eigenvalue weighted by Gasteiger charge is -2.02. The second-order valence-corrected chi connectivity index (χ2v) is 4.81. The van der Waals surface area contributed by atoms with E-state index in [-0.39, 0.29) is 12.8 Å². The van der Waals surface area contributed by atoms with Gasteiger partial charge in [-0.25, -0.2) is 0 Å². The molecule has 0 aromatic heterocycles. The highest BCUT2D eigenvalue weighted by Gasteiger charge is 2.12. The summed E-state index contributed by atoms with van der Waals surface area (Å²) in [5.74, 6) is -2.20. The van der Waals surface area contributed by atoms with E-state index in [1.54, 1.807) is 0 Å². The fourth-order valence-electron chi connectivity index (χ4n) is 1.40. The van der Waals surface area contributed by atoms with Crippen LogP contribution in [-0.4, -0.2) is 54.4 Å². The summed E-state index contributed by atoms with van der Waals surface area (Å²) in [6.45, 7) is 10.8. The molecule has 0 aliphatic carbocycles. The predicted octanol–water partition coefficient (Wildman–Crippen LogP) is 0.891. The zero-order valence-corrected chi connectivity index (χ0v) is 14.1. The molecule has 0 aliphatic heterocycles. The standard InChI is InChI=1S/C12H20N2.C5H9NO4/c1-3-5-9-13-11-7-8-12-14-10-6-4-2;6-3(5(9)10)1-2-4(7)8/h5-6,13-14H,1-2,7-12H2;3H,1-2,6H2,(H,7,8)(H,9,10)/t;3-/m.0/s1. The van der Waals surface area contributed by atoms with Gasteiger partial charge in [-0.2, -0.15) is 0 Å². The summed E-state index contributed by atoms with van der Waals surface area (Å²) in [5.41, 5.74) is 10.5. The van der Waals surface area contributed by atoms with Gasteiger partial charge in [0.1, 0.15) is 6.04 Å². The Labute approximate surface area is 143 Å². The number of carbonyl (C=O) groups is 2. The summed E-state index contributed by atoms with van der Waals surface area (Å²) >= 11 is 0. The Morgan fingerprint density at radius 2 is 1.50 bits per heavy atom. The van der Waals surface area contributed by atoms with E-state index in [2.05, 4.69) is 35.3 Å². The summed E-state index contributed by atoms with van der Waals surface area (Å²) in [6, 6.07) is -1.06. The van der Waals surface area contributed by atoms with E-state index < -0.39 is 18.0 Å². The molecule has 0 aromatic carbocycles. The first-order valence-corrected chi connectivity index (χ1v) is 7.75. The maximum atomic E-state index is 9.99. The number of hydrogen-bond acceptors (Lipinski definition) is 5. The number of rotatable bonds is 13. The van der Waals surface area contributed by atoms with E-state index in [4.69, 9.17) is 15.9 Å². The van der Waals surface area contributed by atoms with E-state index in [9.17, 15) is 9.59 Å². The van der Waals surface area contributed by atoms with E-state index in [0.29, 0.717) is 0 Å². The Morgan fingerprint density at radius 1 is 1.04 bits per heavy atom. The fourth-order valence-corrected chi connectivity index (χ4v) is 1.40. The SMILES string of the molecule is C=C=CCNCCCCNCC=C=C.N[C@@H](CCC(=O)O)C(=O)O. The van der Waals surface area contributed by atoms with Gasteiger partial charge in [0.15, 0.2) is 0 Å². The lowest BCUT2D eigenvalue weighted by atomic mass is 10.2. The molecule has 6 N–H and O–H groups in total. The first kappa shape index (κ1) is 24.1. The molecule has 0 bridgehead atoms. The lowest BCUT2D eigenvalue weighted by molar-refractivity contribution is -0.139. The van der Waals surface area contributed by atoms with Gasteiger partial charge in [-0.3, -0.25) is 9.59 Å². The molecule has 0 saturated heterocycles. The van der Waals surface area contributed by atoms with Crippen molar-refractivity contribution in [1.29, 1.82) is 0 Å². The van der Waals surface area contributed by atoms with Crippen LogP contribution in [0.1, 0.15) is 25.7 Å². The molecule has 7 heteroatoms. The molecule has 0 heterocycles. The van der Waals surface area contributed by atoms with Crippen molar-refractivity contribution in [2.75, 3.05) is 26.2 Å². The van der Waals surface area contributed by atoms with Crippen LogP contribution in [-0.2, 0) is 9.59 Å². The topological polar surface area (TPSA) is 125 Å². The summed E-state index contributed by atoms with van der Waals surface area (Å²) < 4.78 is 0. The highest BCUT2D eigenvalue weighted by atomic mass is 16.4. The first-order valence-electron chi connectivity index (χ1n) is 7.75. The molecule has 136 valence electrons. The van der Waals surface area contributed by atoms with Crippen LogP contribution in [0, 0.1) is 0 Å². The van der Waals surface area contributed by atoms with Crippen LogP contribution in [0.25, 0.3) is 0 Å². The third kappa shape index (κ3) is 22.1. The second kappa shape index (κ2) is 18.9. The van der Waals surface area contributed by atoms with Crippen LogP contribution in [0.4, 0.5) is 0 Å². The molecule has 0 aliphatic rings. The van der Waals surface area contributed by atoms with Gasteiger partial charge >= 0.3 is 11.9 Å². The minimum Gasteiger partial charge on any atom is -0.481 e. The highest BCUT2D eigenvalue weighted by molar-refractivity contribution is 5.74. The molecule has 0 unspecified atom stereocenters. The Bertz CT molecular complexity index is 415. The van der Waals surface area contributed by atoms with Gasteiger partial charge < -0.3 is 26.6 Å². The lowest BCUT2D eigenvalue weighted by Crippen LogP contribution is -2.30. The number of carboxylic acids is 2. The highest BCUT2D eigenvalue weighted by Crippen LogP contribution is 1.93. The van der Waals surface area contributed by atoms with Gasteiger partial charge in [-0.05, 0) is 44.5 Å².